The summed E-state index contributed by atoms with van der Waals surface area (Å²) >= 11 is 6.05. The number of rotatable bonds is 4. The van der Waals surface area contributed by atoms with Crippen molar-refractivity contribution in [1.29, 1.82) is 0 Å². The van der Waals surface area contributed by atoms with E-state index in [2.05, 4.69) is 0 Å². The Morgan fingerprint density at radius 1 is 1.37 bits per heavy atom. The Bertz CT molecular complexity index is 616. The van der Waals surface area contributed by atoms with Gasteiger partial charge in [-0.3, -0.25) is 0 Å². The number of hydrogen-bond acceptors (Lipinski definition) is 3. The van der Waals surface area contributed by atoms with Crippen molar-refractivity contribution in [2.75, 3.05) is 0 Å². The molecule has 0 aliphatic carbocycles. The van der Waals surface area contributed by atoms with Gasteiger partial charge >= 0.3 is 5.97 Å². The number of aryl methyl sites for hydroxylation is 2. The Kier molecular flexibility index (Phi) is 3.81. The number of benzene rings is 1. The van der Waals surface area contributed by atoms with Crippen LogP contribution in [0.25, 0.3) is 0 Å². The van der Waals surface area contributed by atoms with E-state index in [4.69, 9.17) is 25.9 Å². The molecule has 100 valence electrons. The Balaban J connectivity index is 2.12. The van der Waals surface area contributed by atoms with Crippen LogP contribution in [0.4, 0.5) is 0 Å². The zero-order valence-corrected chi connectivity index (χ0v) is 11.3. The maximum absolute atomic E-state index is 10.8. The molecule has 0 amide bonds. The van der Waals surface area contributed by atoms with Crippen LogP contribution in [0.15, 0.2) is 28.7 Å². The molecule has 0 atom stereocenters. The lowest BCUT2D eigenvalue weighted by molar-refractivity contribution is 0.0661. The summed E-state index contributed by atoms with van der Waals surface area (Å²) in [4.78, 5) is 10.8. The smallest absolute Gasteiger partial charge is 0.371 e. The summed E-state index contributed by atoms with van der Waals surface area (Å²) < 4.78 is 10.7. The number of carboxylic acids is 1. The second kappa shape index (κ2) is 5.36. The quantitative estimate of drug-likeness (QED) is 0.925. The topological polar surface area (TPSA) is 59.7 Å². The molecular formula is C14H13ClO4. The molecule has 0 fully saturated rings. The summed E-state index contributed by atoms with van der Waals surface area (Å²) in [5, 5.41) is 9.35. The molecule has 2 rings (SSSR count). The van der Waals surface area contributed by atoms with E-state index in [-0.39, 0.29) is 12.4 Å². The third-order valence-electron chi connectivity index (χ3n) is 2.70. The Morgan fingerprint density at radius 3 is 2.68 bits per heavy atom. The van der Waals surface area contributed by atoms with Crippen LogP contribution >= 0.6 is 11.6 Å². The first-order chi connectivity index (χ1) is 8.97. The number of ether oxygens (including phenoxy) is 1. The van der Waals surface area contributed by atoms with Gasteiger partial charge in [0.05, 0.1) is 5.02 Å². The Hall–Kier alpha value is -1.94. The van der Waals surface area contributed by atoms with Crippen LogP contribution < -0.4 is 4.74 Å². The molecule has 0 spiro atoms. The van der Waals surface area contributed by atoms with Gasteiger partial charge in [0.15, 0.2) is 0 Å². The van der Waals surface area contributed by atoms with Gasteiger partial charge in [0, 0.05) is 5.56 Å². The van der Waals surface area contributed by atoms with Gasteiger partial charge in [-0.1, -0.05) is 17.7 Å². The van der Waals surface area contributed by atoms with Crippen LogP contribution in [0.5, 0.6) is 5.75 Å². The molecule has 0 saturated heterocycles. The average Bonchev–Trinajstić information content (AvgIpc) is 2.70. The fourth-order valence-electron chi connectivity index (χ4n) is 1.65. The minimum atomic E-state index is -1.09. The van der Waals surface area contributed by atoms with E-state index in [1.807, 2.05) is 19.1 Å². The predicted molar refractivity (Wildman–Crippen MR) is 70.9 cm³/mol. The molecule has 0 aliphatic rings. The molecule has 1 aromatic heterocycles. The molecule has 0 aliphatic heterocycles. The molecule has 1 N–H and O–H groups in total. The molecule has 4 nitrogen and oxygen atoms in total. The van der Waals surface area contributed by atoms with Crippen molar-refractivity contribution in [3.63, 3.8) is 0 Å². The zero-order chi connectivity index (χ0) is 14.0. The number of hydrogen-bond donors (Lipinski definition) is 1. The van der Waals surface area contributed by atoms with Crippen molar-refractivity contribution >= 4 is 17.6 Å². The van der Waals surface area contributed by atoms with Crippen molar-refractivity contribution in [2.24, 2.45) is 0 Å². The molecule has 0 bridgehead atoms. The highest BCUT2D eigenvalue weighted by molar-refractivity contribution is 6.32. The number of aromatic carboxylic acids is 1. The van der Waals surface area contributed by atoms with Gasteiger partial charge < -0.3 is 14.3 Å². The largest absolute Gasteiger partial charge is 0.487 e. The second-order valence-electron chi connectivity index (χ2n) is 4.22. The third kappa shape index (κ3) is 3.09. The first-order valence-corrected chi connectivity index (χ1v) is 6.06. The van der Waals surface area contributed by atoms with E-state index < -0.39 is 5.97 Å². The standard InChI is InChI=1S/C14H13ClO4/c1-8-3-4-12(11(15)5-8)18-7-10-6-13(14(16)17)19-9(10)2/h3-6H,7H2,1-2H3,(H,16,17). The number of halogens is 1. The number of carboxylic acid groups (broad SMARTS) is 1. The van der Waals surface area contributed by atoms with Crippen molar-refractivity contribution in [1.82, 2.24) is 0 Å². The highest BCUT2D eigenvalue weighted by Gasteiger charge is 2.13. The SMILES string of the molecule is Cc1ccc(OCc2cc(C(=O)O)oc2C)c(Cl)c1. The van der Waals surface area contributed by atoms with Gasteiger partial charge in [-0.05, 0) is 37.6 Å². The lowest BCUT2D eigenvalue weighted by atomic mass is 10.2. The fourth-order valence-corrected chi connectivity index (χ4v) is 1.94. The second-order valence-corrected chi connectivity index (χ2v) is 4.63. The monoisotopic (exact) mass is 280 g/mol. The van der Waals surface area contributed by atoms with Crippen LogP contribution in [0.1, 0.15) is 27.4 Å². The van der Waals surface area contributed by atoms with Gasteiger partial charge in [-0.2, -0.15) is 0 Å². The van der Waals surface area contributed by atoms with Gasteiger partial charge in [-0.15, -0.1) is 0 Å². The molecule has 5 heteroatoms. The first kappa shape index (κ1) is 13.5. The van der Waals surface area contributed by atoms with Crippen LogP contribution in [0, 0.1) is 13.8 Å². The van der Waals surface area contributed by atoms with E-state index in [1.54, 1.807) is 13.0 Å². The maximum atomic E-state index is 10.8. The van der Waals surface area contributed by atoms with Gasteiger partial charge in [-0.25, -0.2) is 4.79 Å². The van der Waals surface area contributed by atoms with Crippen molar-refractivity contribution in [3.05, 3.63) is 51.9 Å². The maximum Gasteiger partial charge on any atom is 0.371 e. The molecule has 0 saturated carbocycles. The van der Waals surface area contributed by atoms with Gasteiger partial charge in [0.25, 0.3) is 0 Å². The molecule has 0 radical (unpaired) electrons. The van der Waals surface area contributed by atoms with Crippen molar-refractivity contribution in [3.8, 4) is 5.75 Å². The molecular weight excluding hydrogens is 268 g/mol. The molecule has 0 unspecified atom stereocenters. The highest BCUT2D eigenvalue weighted by Crippen LogP contribution is 2.26. The first-order valence-electron chi connectivity index (χ1n) is 5.69. The van der Waals surface area contributed by atoms with E-state index >= 15 is 0 Å². The molecule has 19 heavy (non-hydrogen) atoms. The van der Waals surface area contributed by atoms with Crippen LogP contribution in [0.3, 0.4) is 0 Å². The molecule has 1 heterocycles. The summed E-state index contributed by atoms with van der Waals surface area (Å²) in [6.45, 7) is 3.85. The fraction of sp³-hybridized carbons (Fsp3) is 0.214. The van der Waals surface area contributed by atoms with Crippen molar-refractivity contribution < 1.29 is 19.1 Å². The van der Waals surface area contributed by atoms with E-state index in [1.165, 1.54) is 6.07 Å². The Morgan fingerprint density at radius 2 is 2.11 bits per heavy atom. The van der Waals surface area contributed by atoms with Crippen LogP contribution in [-0.4, -0.2) is 11.1 Å². The molecule has 1 aromatic carbocycles. The van der Waals surface area contributed by atoms with E-state index in [0.29, 0.717) is 22.1 Å². The predicted octanol–water partition coefficient (Wildman–Crippen LogP) is 3.83. The van der Waals surface area contributed by atoms with Crippen LogP contribution in [0.2, 0.25) is 5.02 Å². The summed E-state index contributed by atoms with van der Waals surface area (Å²) in [6, 6.07) is 6.94. The average molecular weight is 281 g/mol. The third-order valence-corrected chi connectivity index (χ3v) is 3.00. The molecule has 2 aromatic rings. The lowest BCUT2D eigenvalue weighted by Crippen LogP contribution is -1.96. The summed E-state index contributed by atoms with van der Waals surface area (Å²) in [6.07, 6.45) is 0. The van der Waals surface area contributed by atoms with Crippen molar-refractivity contribution in [2.45, 2.75) is 20.5 Å². The minimum Gasteiger partial charge on any atom is -0.487 e. The number of carbonyl (C=O) groups is 1. The Labute approximate surface area is 115 Å². The van der Waals surface area contributed by atoms with E-state index in [0.717, 1.165) is 5.56 Å². The summed E-state index contributed by atoms with van der Waals surface area (Å²) in [7, 11) is 0. The van der Waals surface area contributed by atoms with Crippen LogP contribution in [-0.2, 0) is 6.61 Å². The summed E-state index contributed by atoms with van der Waals surface area (Å²) in [5.74, 6) is -0.0980. The summed E-state index contributed by atoms with van der Waals surface area (Å²) in [5.41, 5.74) is 1.74. The lowest BCUT2D eigenvalue weighted by Gasteiger charge is -2.07. The van der Waals surface area contributed by atoms with Gasteiger partial charge in [0.1, 0.15) is 18.1 Å². The van der Waals surface area contributed by atoms with Gasteiger partial charge in [0.2, 0.25) is 5.76 Å². The minimum absolute atomic E-state index is 0.0916. The van der Waals surface area contributed by atoms with E-state index in [9.17, 15) is 4.79 Å². The normalized spacial score (nSPS) is 10.5. The highest BCUT2D eigenvalue weighted by atomic mass is 35.5. The number of furan rings is 1. The zero-order valence-electron chi connectivity index (χ0n) is 10.6.